The fraction of sp³-hybridized carbons (Fsp3) is 0.282. The molecule has 1 aliphatic carbocycles. The van der Waals surface area contributed by atoms with Crippen LogP contribution in [0.3, 0.4) is 0 Å². The van der Waals surface area contributed by atoms with Crippen LogP contribution < -0.4 is 14.2 Å². The lowest BCUT2D eigenvalue weighted by Crippen LogP contribution is -2.24. The summed E-state index contributed by atoms with van der Waals surface area (Å²) in [6.07, 6.45) is 2.38. The lowest BCUT2D eigenvalue weighted by Gasteiger charge is -2.24. The number of carbonyl (C=O) groups excluding carboxylic acids is 3. The van der Waals surface area contributed by atoms with Gasteiger partial charge < -0.3 is 34.3 Å². The molecule has 0 aromatic heterocycles. The van der Waals surface area contributed by atoms with E-state index in [9.17, 15) is 34.5 Å². The first kappa shape index (κ1) is 37.0. The first-order chi connectivity index (χ1) is 23.3. The molecule has 11 heteroatoms. The van der Waals surface area contributed by atoms with Gasteiger partial charge in [0.2, 0.25) is 0 Å². The fourth-order valence-corrected chi connectivity index (χ4v) is 6.03. The Morgan fingerprint density at radius 1 is 0.680 bits per heavy atom. The summed E-state index contributed by atoms with van der Waals surface area (Å²) in [6, 6.07) is 3.03. The van der Waals surface area contributed by atoms with E-state index in [1.54, 1.807) is 61.5 Å². The standard InChI is InChI=1S/C39H40O11/c1-16-13-29(24(9)34(42)31(16)39(46)50-36-22(7)19(4)32(37(43)44)20(5)23(36)8)49-38(45)27-12-17(2)35(21(6)18(27)3)48-25(10)33-28(41)14-26(40)15-30(33)47-11/h12-15,33,40,42H,10H2,1-9,11H3,(H,43,44). The number of rotatable bonds is 9. The van der Waals surface area contributed by atoms with Crippen LogP contribution in [0.4, 0.5) is 0 Å². The van der Waals surface area contributed by atoms with Crippen molar-refractivity contribution in [3.63, 3.8) is 0 Å². The molecule has 0 aliphatic heterocycles. The number of aromatic hydroxyl groups is 1. The second-order valence-electron chi connectivity index (χ2n) is 12.4. The van der Waals surface area contributed by atoms with Crippen LogP contribution in [0.15, 0.2) is 48.1 Å². The molecule has 0 saturated heterocycles. The maximum absolute atomic E-state index is 13.5. The lowest BCUT2D eigenvalue weighted by atomic mass is 9.93. The minimum atomic E-state index is -1.08. The SMILES string of the molecule is C=C(Oc1c(C)cc(C(=O)Oc2cc(C)c(C(=O)Oc3c(C)c(C)c(C(=O)O)c(C)c3C)c(O)c2C)c(C)c1C)C1C(=O)C=C(O)C=C1OC. The third kappa shape index (κ3) is 6.58. The normalized spacial score (nSPS) is 14.0. The Labute approximate surface area is 290 Å². The van der Waals surface area contributed by atoms with Crippen LogP contribution in [-0.4, -0.2) is 46.1 Å². The van der Waals surface area contributed by atoms with Gasteiger partial charge in [-0.05, 0) is 119 Å². The van der Waals surface area contributed by atoms with Crippen LogP contribution in [0.25, 0.3) is 0 Å². The minimum Gasteiger partial charge on any atom is -0.508 e. The minimum absolute atomic E-state index is 0.0285. The van der Waals surface area contributed by atoms with Gasteiger partial charge in [-0.15, -0.1) is 0 Å². The van der Waals surface area contributed by atoms with Gasteiger partial charge in [-0.25, -0.2) is 14.4 Å². The number of carboxylic acids is 1. The summed E-state index contributed by atoms with van der Waals surface area (Å²) < 4.78 is 22.8. The van der Waals surface area contributed by atoms with Crippen molar-refractivity contribution in [1.82, 2.24) is 0 Å². The van der Waals surface area contributed by atoms with Crippen molar-refractivity contribution in [2.75, 3.05) is 7.11 Å². The van der Waals surface area contributed by atoms with Crippen molar-refractivity contribution in [3.05, 3.63) is 115 Å². The molecule has 1 aliphatic rings. The monoisotopic (exact) mass is 684 g/mol. The molecule has 0 fully saturated rings. The van der Waals surface area contributed by atoms with E-state index in [-0.39, 0.29) is 56.6 Å². The van der Waals surface area contributed by atoms with Crippen LogP contribution in [0.5, 0.6) is 23.0 Å². The number of hydrogen-bond donors (Lipinski definition) is 3. The molecule has 1 unspecified atom stereocenters. The molecule has 0 heterocycles. The van der Waals surface area contributed by atoms with Gasteiger partial charge in [0.15, 0.2) is 5.78 Å². The molecule has 4 rings (SSSR count). The molecule has 3 aromatic rings. The summed E-state index contributed by atoms with van der Waals surface area (Å²) in [4.78, 5) is 51.4. The molecule has 50 heavy (non-hydrogen) atoms. The van der Waals surface area contributed by atoms with Crippen LogP contribution in [-0.2, 0) is 9.53 Å². The second kappa shape index (κ2) is 13.9. The van der Waals surface area contributed by atoms with E-state index in [0.717, 1.165) is 6.08 Å². The van der Waals surface area contributed by atoms with E-state index < -0.39 is 35.4 Å². The van der Waals surface area contributed by atoms with Gasteiger partial charge in [-0.3, -0.25) is 4.79 Å². The zero-order valence-corrected chi connectivity index (χ0v) is 29.7. The van der Waals surface area contributed by atoms with E-state index in [0.29, 0.717) is 44.7 Å². The van der Waals surface area contributed by atoms with Gasteiger partial charge >= 0.3 is 17.9 Å². The predicted octanol–water partition coefficient (Wildman–Crippen LogP) is 7.37. The van der Waals surface area contributed by atoms with Crippen LogP contribution in [0.2, 0.25) is 0 Å². The number of hydrogen-bond acceptors (Lipinski definition) is 10. The first-order valence-electron chi connectivity index (χ1n) is 15.6. The molecule has 0 bridgehead atoms. The quantitative estimate of drug-likeness (QED) is 0.117. The number of aliphatic hydroxyl groups excluding tert-OH is 1. The van der Waals surface area contributed by atoms with E-state index >= 15 is 0 Å². The molecular formula is C39H40O11. The number of aromatic carboxylic acids is 1. The number of phenolic OH excluding ortho intramolecular Hbond substituents is 1. The zero-order valence-electron chi connectivity index (χ0n) is 29.7. The van der Waals surface area contributed by atoms with Gasteiger partial charge in [0.25, 0.3) is 0 Å². The number of ether oxygens (including phenoxy) is 4. The van der Waals surface area contributed by atoms with Crippen molar-refractivity contribution in [2.45, 2.75) is 62.3 Å². The highest BCUT2D eigenvalue weighted by Gasteiger charge is 2.32. The highest BCUT2D eigenvalue weighted by molar-refractivity contribution is 5.99. The largest absolute Gasteiger partial charge is 0.508 e. The number of benzene rings is 3. The number of carboxylic acid groups (broad SMARTS) is 1. The average Bonchev–Trinajstić information content (AvgIpc) is 3.03. The number of allylic oxidation sites excluding steroid dienone is 2. The van der Waals surface area contributed by atoms with Crippen LogP contribution in [0.1, 0.15) is 81.1 Å². The third-order valence-corrected chi connectivity index (χ3v) is 9.26. The van der Waals surface area contributed by atoms with E-state index in [2.05, 4.69) is 6.58 Å². The first-order valence-corrected chi connectivity index (χ1v) is 15.6. The highest BCUT2D eigenvalue weighted by Crippen LogP contribution is 2.39. The lowest BCUT2D eigenvalue weighted by molar-refractivity contribution is -0.118. The molecule has 262 valence electrons. The Balaban J connectivity index is 1.61. The molecule has 1 atom stereocenters. The maximum atomic E-state index is 13.5. The summed E-state index contributed by atoms with van der Waals surface area (Å²) in [7, 11) is 1.37. The number of ketones is 1. The van der Waals surface area contributed by atoms with Gasteiger partial charge in [-0.2, -0.15) is 0 Å². The van der Waals surface area contributed by atoms with Crippen molar-refractivity contribution < 1.29 is 53.4 Å². The van der Waals surface area contributed by atoms with Crippen molar-refractivity contribution >= 4 is 23.7 Å². The Bertz CT molecular complexity index is 2050. The molecule has 0 saturated carbocycles. The molecule has 0 amide bonds. The van der Waals surface area contributed by atoms with Gasteiger partial charge in [0.1, 0.15) is 51.8 Å². The number of aryl methyl sites for hydroxylation is 2. The predicted molar refractivity (Wildman–Crippen MR) is 185 cm³/mol. The maximum Gasteiger partial charge on any atom is 0.347 e. The smallest absolute Gasteiger partial charge is 0.347 e. The molecular weight excluding hydrogens is 644 g/mol. The van der Waals surface area contributed by atoms with Crippen molar-refractivity contribution in [1.29, 1.82) is 0 Å². The van der Waals surface area contributed by atoms with E-state index in [1.807, 2.05) is 0 Å². The Morgan fingerprint density at radius 2 is 1.26 bits per heavy atom. The van der Waals surface area contributed by atoms with Gasteiger partial charge in [-0.1, -0.05) is 6.58 Å². The summed E-state index contributed by atoms with van der Waals surface area (Å²) in [5.41, 5.74) is 4.19. The Hall–Kier alpha value is -5.84. The number of phenols is 1. The van der Waals surface area contributed by atoms with E-state index in [4.69, 9.17) is 18.9 Å². The number of esters is 2. The molecule has 0 spiro atoms. The van der Waals surface area contributed by atoms with Crippen LogP contribution in [0, 0.1) is 68.2 Å². The topological polar surface area (TPSA) is 166 Å². The third-order valence-electron chi connectivity index (χ3n) is 9.26. The molecule has 0 radical (unpaired) electrons. The Morgan fingerprint density at radius 3 is 1.82 bits per heavy atom. The number of methoxy groups -OCH3 is 1. The van der Waals surface area contributed by atoms with Gasteiger partial charge in [0.05, 0.1) is 18.2 Å². The van der Waals surface area contributed by atoms with E-state index in [1.165, 1.54) is 26.2 Å². The van der Waals surface area contributed by atoms with Crippen molar-refractivity contribution in [2.24, 2.45) is 5.92 Å². The molecule has 3 aromatic carbocycles. The zero-order chi connectivity index (χ0) is 37.5. The van der Waals surface area contributed by atoms with Crippen molar-refractivity contribution in [3.8, 4) is 23.0 Å². The van der Waals surface area contributed by atoms with Gasteiger partial charge in [0, 0.05) is 17.7 Å². The molecule has 3 N–H and O–H groups in total. The average molecular weight is 685 g/mol. The summed E-state index contributed by atoms with van der Waals surface area (Å²) in [5.74, 6) is -3.91. The number of carbonyl (C=O) groups is 4. The second-order valence-corrected chi connectivity index (χ2v) is 12.4. The van der Waals surface area contributed by atoms with Crippen LogP contribution >= 0.6 is 0 Å². The fourth-order valence-electron chi connectivity index (χ4n) is 6.03. The number of aliphatic hydroxyl groups is 1. The summed E-state index contributed by atoms with van der Waals surface area (Å²) in [6.45, 7) is 18.8. The highest BCUT2D eigenvalue weighted by atomic mass is 16.5. The summed E-state index contributed by atoms with van der Waals surface area (Å²) >= 11 is 0. The Kier molecular flexibility index (Phi) is 10.3. The molecule has 11 nitrogen and oxygen atoms in total. The summed E-state index contributed by atoms with van der Waals surface area (Å²) in [5, 5.41) is 30.6.